The zero-order chi connectivity index (χ0) is 13.2. The Hall–Kier alpha value is -0.820. The molecule has 1 nitrogen and oxygen atoms in total. The molecule has 100 valence electrons. The Kier molecular flexibility index (Phi) is 4.11. The van der Waals surface area contributed by atoms with Crippen LogP contribution >= 0.6 is 0 Å². The molecular weight excluding hydrogens is 218 g/mol. The van der Waals surface area contributed by atoms with Gasteiger partial charge in [0.2, 0.25) is 0 Å². The largest absolute Gasteiger partial charge is 0.309 e. The molecule has 0 saturated heterocycles. The summed E-state index contributed by atoms with van der Waals surface area (Å²) >= 11 is 0. The molecule has 0 radical (unpaired) electrons. The summed E-state index contributed by atoms with van der Waals surface area (Å²) in [5.41, 5.74) is 3.43. The lowest BCUT2D eigenvalue weighted by Crippen LogP contribution is -2.39. The number of benzene rings is 1. The summed E-state index contributed by atoms with van der Waals surface area (Å²) in [4.78, 5) is 0. The van der Waals surface area contributed by atoms with Crippen LogP contribution in [0.1, 0.15) is 57.7 Å². The molecule has 18 heavy (non-hydrogen) atoms. The molecule has 0 amide bonds. The minimum Gasteiger partial charge on any atom is -0.309 e. The van der Waals surface area contributed by atoms with E-state index in [0.29, 0.717) is 11.5 Å². The van der Waals surface area contributed by atoms with Gasteiger partial charge in [-0.1, -0.05) is 58.4 Å². The predicted molar refractivity (Wildman–Crippen MR) is 78.7 cm³/mol. The minimum absolute atomic E-state index is 0.363. The first-order chi connectivity index (χ1) is 8.54. The lowest BCUT2D eigenvalue weighted by atomic mass is 9.70. The Balaban J connectivity index is 2.19. The second-order valence-electron chi connectivity index (χ2n) is 6.54. The van der Waals surface area contributed by atoms with Gasteiger partial charge in [0.25, 0.3) is 0 Å². The quantitative estimate of drug-likeness (QED) is 0.832. The smallest absolute Gasteiger partial charge is 0.0374 e. The Labute approximate surface area is 112 Å². The van der Waals surface area contributed by atoms with E-state index in [4.69, 9.17) is 0 Å². The first kappa shape index (κ1) is 13.6. The van der Waals surface area contributed by atoms with E-state index in [9.17, 15) is 0 Å². The Bertz CT molecular complexity index is 394. The molecule has 2 unspecified atom stereocenters. The summed E-state index contributed by atoms with van der Waals surface area (Å²) < 4.78 is 0. The SMILES string of the molecule is CCC(C)CNC1c2ccccc2CCC1(C)C. The fourth-order valence-electron chi connectivity index (χ4n) is 2.92. The minimum atomic E-state index is 0.363. The molecule has 0 spiro atoms. The zero-order valence-electron chi connectivity index (χ0n) is 12.3. The third-order valence-corrected chi connectivity index (χ3v) is 4.55. The van der Waals surface area contributed by atoms with Crippen LogP contribution in [0.5, 0.6) is 0 Å². The van der Waals surface area contributed by atoms with Gasteiger partial charge in [-0.15, -0.1) is 0 Å². The maximum Gasteiger partial charge on any atom is 0.0374 e. The summed E-state index contributed by atoms with van der Waals surface area (Å²) in [7, 11) is 0. The highest BCUT2D eigenvalue weighted by Crippen LogP contribution is 2.43. The van der Waals surface area contributed by atoms with Crippen LogP contribution in [0.15, 0.2) is 24.3 Å². The van der Waals surface area contributed by atoms with Crippen molar-refractivity contribution in [2.45, 2.75) is 53.0 Å². The van der Waals surface area contributed by atoms with Gasteiger partial charge >= 0.3 is 0 Å². The van der Waals surface area contributed by atoms with Crippen molar-refractivity contribution in [2.24, 2.45) is 11.3 Å². The third-order valence-electron chi connectivity index (χ3n) is 4.55. The monoisotopic (exact) mass is 245 g/mol. The molecule has 1 aliphatic rings. The van der Waals surface area contributed by atoms with Crippen molar-refractivity contribution < 1.29 is 0 Å². The van der Waals surface area contributed by atoms with Gasteiger partial charge in [0.1, 0.15) is 0 Å². The predicted octanol–water partition coefficient (Wildman–Crippen LogP) is 4.34. The van der Waals surface area contributed by atoms with Crippen molar-refractivity contribution in [3.8, 4) is 0 Å². The molecule has 0 saturated carbocycles. The summed E-state index contributed by atoms with van der Waals surface area (Å²) in [5, 5.41) is 3.82. The first-order valence-corrected chi connectivity index (χ1v) is 7.35. The van der Waals surface area contributed by atoms with Crippen LogP contribution in [-0.2, 0) is 6.42 Å². The Morgan fingerprint density at radius 1 is 1.33 bits per heavy atom. The van der Waals surface area contributed by atoms with E-state index in [1.54, 1.807) is 5.56 Å². The molecule has 1 N–H and O–H groups in total. The van der Waals surface area contributed by atoms with Crippen molar-refractivity contribution in [2.75, 3.05) is 6.54 Å². The molecule has 1 aromatic rings. The highest BCUT2D eigenvalue weighted by atomic mass is 14.9. The second-order valence-corrected chi connectivity index (χ2v) is 6.54. The van der Waals surface area contributed by atoms with Crippen LogP contribution in [0.25, 0.3) is 0 Å². The van der Waals surface area contributed by atoms with E-state index >= 15 is 0 Å². The number of aryl methyl sites for hydroxylation is 1. The maximum absolute atomic E-state index is 3.82. The Morgan fingerprint density at radius 2 is 2.06 bits per heavy atom. The van der Waals surface area contributed by atoms with Gasteiger partial charge in [-0.05, 0) is 41.8 Å². The summed E-state index contributed by atoms with van der Waals surface area (Å²) in [6.07, 6.45) is 3.76. The summed E-state index contributed by atoms with van der Waals surface area (Å²) in [6, 6.07) is 9.46. The van der Waals surface area contributed by atoms with E-state index in [2.05, 4.69) is 57.3 Å². The Morgan fingerprint density at radius 3 is 2.78 bits per heavy atom. The topological polar surface area (TPSA) is 12.0 Å². The second kappa shape index (κ2) is 5.44. The average molecular weight is 245 g/mol. The van der Waals surface area contributed by atoms with Gasteiger partial charge in [0.15, 0.2) is 0 Å². The molecule has 0 heterocycles. The van der Waals surface area contributed by atoms with Crippen molar-refractivity contribution >= 4 is 0 Å². The number of nitrogens with one attached hydrogen (secondary N) is 1. The van der Waals surface area contributed by atoms with E-state index in [1.807, 2.05) is 0 Å². The highest BCUT2D eigenvalue weighted by molar-refractivity contribution is 5.34. The molecule has 0 aromatic heterocycles. The van der Waals surface area contributed by atoms with Crippen LogP contribution < -0.4 is 5.32 Å². The standard InChI is InChI=1S/C17H27N/c1-5-13(2)12-18-16-15-9-7-6-8-14(15)10-11-17(16,3)4/h6-9,13,16,18H,5,10-12H2,1-4H3. The average Bonchev–Trinajstić information content (AvgIpc) is 2.36. The van der Waals surface area contributed by atoms with Gasteiger partial charge in [0, 0.05) is 6.04 Å². The van der Waals surface area contributed by atoms with Crippen molar-refractivity contribution in [1.29, 1.82) is 0 Å². The highest BCUT2D eigenvalue weighted by Gasteiger charge is 2.35. The lowest BCUT2D eigenvalue weighted by molar-refractivity contribution is 0.202. The van der Waals surface area contributed by atoms with Crippen molar-refractivity contribution in [3.63, 3.8) is 0 Å². The molecular formula is C17H27N. The zero-order valence-corrected chi connectivity index (χ0v) is 12.3. The number of fused-ring (bicyclic) bond motifs is 1. The van der Waals surface area contributed by atoms with Crippen LogP contribution in [0, 0.1) is 11.3 Å². The van der Waals surface area contributed by atoms with Crippen LogP contribution in [0.4, 0.5) is 0 Å². The number of hydrogen-bond donors (Lipinski definition) is 1. The first-order valence-electron chi connectivity index (χ1n) is 7.35. The maximum atomic E-state index is 3.82. The molecule has 0 aliphatic heterocycles. The number of hydrogen-bond acceptors (Lipinski definition) is 1. The molecule has 0 fully saturated rings. The van der Waals surface area contributed by atoms with Crippen LogP contribution in [-0.4, -0.2) is 6.54 Å². The fourth-order valence-corrected chi connectivity index (χ4v) is 2.92. The molecule has 0 bridgehead atoms. The molecule has 1 aliphatic carbocycles. The van der Waals surface area contributed by atoms with Crippen LogP contribution in [0.2, 0.25) is 0 Å². The van der Waals surface area contributed by atoms with Gasteiger partial charge in [-0.25, -0.2) is 0 Å². The normalized spacial score (nSPS) is 23.4. The van der Waals surface area contributed by atoms with Gasteiger partial charge in [-0.3, -0.25) is 0 Å². The van der Waals surface area contributed by atoms with E-state index in [0.717, 1.165) is 12.5 Å². The lowest BCUT2D eigenvalue weighted by Gasteiger charge is -2.41. The van der Waals surface area contributed by atoms with Gasteiger partial charge in [0.05, 0.1) is 0 Å². The summed E-state index contributed by atoms with van der Waals surface area (Å²) in [5.74, 6) is 0.759. The summed E-state index contributed by atoms with van der Waals surface area (Å²) in [6.45, 7) is 10.5. The van der Waals surface area contributed by atoms with E-state index in [-0.39, 0.29) is 0 Å². The third kappa shape index (κ3) is 2.77. The van der Waals surface area contributed by atoms with Gasteiger partial charge < -0.3 is 5.32 Å². The molecule has 2 rings (SSSR count). The van der Waals surface area contributed by atoms with E-state index in [1.165, 1.54) is 24.8 Å². The van der Waals surface area contributed by atoms with Crippen molar-refractivity contribution in [3.05, 3.63) is 35.4 Å². The van der Waals surface area contributed by atoms with Crippen molar-refractivity contribution in [1.82, 2.24) is 5.32 Å². The molecule has 1 aromatic carbocycles. The number of rotatable bonds is 4. The van der Waals surface area contributed by atoms with Gasteiger partial charge in [-0.2, -0.15) is 0 Å². The molecule has 2 atom stereocenters. The fraction of sp³-hybridized carbons (Fsp3) is 0.647. The molecule has 1 heteroatoms. The van der Waals surface area contributed by atoms with Crippen LogP contribution in [0.3, 0.4) is 0 Å². The van der Waals surface area contributed by atoms with E-state index < -0.39 is 0 Å².